The Morgan fingerprint density at radius 2 is 1.46 bits per heavy atom. The molecule has 3 aromatic carbocycles. The summed E-state index contributed by atoms with van der Waals surface area (Å²) in [6.07, 6.45) is 11.7. The highest BCUT2D eigenvalue weighted by Crippen LogP contribution is 2.39. The number of hydrogen-bond acceptors (Lipinski definition) is 1. The number of benzene rings is 3. The number of rotatable bonds is 11. The molecular weight excluding hydrogens is 500 g/mol. The van der Waals surface area contributed by atoms with Crippen molar-refractivity contribution in [2.75, 3.05) is 6.61 Å². The minimum Gasteiger partial charge on any atom is -0.490 e. The maximum atomic E-state index is 15.1. The van der Waals surface area contributed by atoms with E-state index >= 15 is 4.39 Å². The molecule has 0 heterocycles. The van der Waals surface area contributed by atoms with Crippen molar-refractivity contribution in [2.45, 2.75) is 77.6 Å². The van der Waals surface area contributed by atoms with Gasteiger partial charge in [0.05, 0.1) is 6.61 Å². The Morgan fingerprint density at radius 1 is 0.744 bits per heavy atom. The molecule has 0 bridgehead atoms. The summed E-state index contributed by atoms with van der Waals surface area (Å²) in [7, 11) is 0. The lowest BCUT2D eigenvalue weighted by Crippen LogP contribution is -2.13. The Balaban J connectivity index is 1.33. The first-order valence-corrected chi connectivity index (χ1v) is 14.2. The highest BCUT2D eigenvalue weighted by atomic mass is 19.2. The summed E-state index contributed by atoms with van der Waals surface area (Å²) >= 11 is 0. The van der Waals surface area contributed by atoms with Crippen LogP contribution in [0, 0.1) is 36.1 Å². The third-order valence-electron chi connectivity index (χ3n) is 7.82. The summed E-state index contributed by atoms with van der Waals surface area (Å²) in [4.78, 5) is 0. The molecule has 5 heteroatoms. The van der Waals surface area contributed by atoms with Crippen molar-refractivity contribution in [1.29, 1.82) is 0 Å². The summed E-state index contributed by atoms with van der Waals surface area (Å²) in [6.45, 7) is 4.47. The van der Waals surface area contributed by atoms with Crippen LogP contribution in [0.4, 0.5) is 17.6 Å². The number of unbranched alkanes of at least 4 members (excludes halogenated alkanes) is 4. The fraction of sp³-hybridized carbons (Fsp3) is 0.412. The van der Waals surface area contributed by atoms with Gasteiger partial charge in [-0.1, -0.05) is 86.7 Å². The topological polar surface area (TPSA) is 9.23 Å². The predicted octanol–water partition coefficient (Wildman–Crippen LogP) is 10.6. The van der Waals surface area contributed by atoms with E-state index in [2.05, 4.69) is 6.92 Å². The Morgan fingerprint density at radius 3 is 2.18 bits per heavy atom. The molecule has 0 N–H and O–H groups in total. The summed E-state index contributed by atoms with van der Waals surface area (Å²) in [5.74, 6) is -3.39. The van der Waals surface area contributed by atoms with Gasteiger partial charge in [0, 0.05) is 11.1 Å². The molecule has 0 radical (unpaired) electrons. The van der Waals surface area contributed by atoms with Crippen molar-refractivity contribution in [1.82, 2.24) is 0 Å². The van der Waals surface area contributed by atoms with Gasteiger partial charge >= 0.3 is 0 Å². The highest BCUT2D eigenvalue weighted by Gasteiger charge is 2.26. The van der Waals surface area contributed by atoms with E-state index in [0.29, 0.717) is 30.6 Å². The van der Waals surface area contributed by atoms with Gasteiger partial charge in [0.15, 0.2) is 23.2 Å². The SMILES string of the molecule is CCCCCCCOc1ccc(/C=C/C2CCC(c3ccc(-c4ccc(C)cc4)c(F)c3F)CC2)c(F)c1F. The monoisotopic (exact) mass is 538 g/mol. The molecule has 3 aromatic rings. The molecule has 0 amide bonds. The number of halogens is 4. The van der Waals surface area contributed by atoms with Crippen LogP contribution in [0.25, 0.3) is 17.2 Å². The highest BCUT2D eigenvalue weighted by molar-refractivity contribution is 5.65. The molecule has 1 aliphatic rings. The molecule has 1 nitrogen and oxygen atoms in total. The van der Waals surface area contributed by atoms with Crippen molar-refractivity contribution in [2.24, 2.45) is 5.92 Å². The Hall–Kier alpha value is -3.08. The standard InChI is InChI=1S/C34H38F4O/c1-3-4-5-6-7-22-39-30-21-18-27(31(35)34(30)38)17-12-24-10-15-26(16-11-24)29-20-19-28(32(36)33(29)37)25-13-8-23(2)9-14-25/h8-9,12-14,17-21,24,26H,3-7,10-11,15-16,22H2,1-2H3/b17-12+. The maximum absolute atomic E-state index is 15.1. The molecule has 208 valence electrons. The van der Waals surface area contributed by atoms with E-state index in [1.165, 1.54) is 12.5 Å². The second-order valence-electron chi connectivity index (χ2n) is 10.7. The lowest BCUT2D eigenvalue weighted by atomic mass is 9.78. The van der Waals surface area contributed by atoms with Gasteiger partial charge < -0.3 is 4.74 Å². The third-order valence-corrected chi connectivity index (χ3v) is 7.82. The van der Waals surface area contributed by atoms with E-state index in [9.17, 15) is 13.2 Å². The zero-order chi connectivity index (χ0) is 27.8. The van der Waals surface area contributed by atoms with E-state index in [1.54, 1.807) is 36.4 Å². The van der Waals surface area contributed by atoms with Crippen molar-refractivity contribution in [3.05, 3.63) is 94.6 Å². The number of aryl methyl sites for hydroxylation is 1. The van der Waals surface area contributed by atoms with E-state index in [0.717, 1.165) is 44.1 Å². The van der Waals surface area contributed by atoms with Crippen LogP contribution in [0.5, 0.6) is 5.75 Å². The zero-order valence-corrected chi connectivity index (χ0v) is 22.9. The Kier molecular flexibility index (Phi) is 10.2. The van der Waals surface area contributed by atoms with Crippen LogP contribution in [-0.2, 0) is 0 Å². The maximum Gasteiger partial charge on any atom is 0.201 e. The lowest BCUT2D eigenvalue weighted by Gasteiger charge is -2.27. The number of allylic oxidation sites excluding steroid dienone is 1. The fourth-order valence-electron chi connectivity index (χ4n) is 5.37. The summed E-state index contributed by atoms with van der Waals surface area (Å²) in [6, 6.07) is 13.8. The number of hydrogen-bond donors (Lipinski definition) is 0. The zero-order valence-electron chi connectivity index (χ0n) is 22.9. The quantitative estimate of drug-likeness (QED) is 0.174. The molecule has 4 rings (SSSR count). The predicted molar refractivity (Wildman–Crippen MR) is 151 cm³/mol. The second kappa shape index (κ2) is 13.8. The molecule has 0 aromatic heterocycles. The van der Waals surface area contributed by atoms with Gasteiger partial charge in [0.25, 0.3) is 0 Å². The molecule has 0 saturated heterocycles. The molecule has 0 atom stereocenters. The summed E-state index contributed by atoms with van der Waals surface area (Å²) in [5, 5.41) is 0. The first-order chi connectivity index (χ1) is 18.9. The lowest BCUT2D eigenvalue weighted by molar-refractivity contribution is 0.285. The first kappa shape index (κ1) is 28.9. The first-order valence-electron chi connectivity index (χ1n) is 14.2. The second-order valence-corrected chi connectivity index (χ2v) is 10.7. The van der Waals surface area contributed by atoms with E-state index in [1.807, 2.05) is 25.1 Å². The normalized spacial score (nSPS) is 17.6. The molecule has 1 fully saturated rings. The van der Waals surface area contributed by atoms with Gasteiger partial charge in [0.1, 0.15) is 0 Å². The van der Waals surface area contributed by atoms with E-state index in [-0.39, 0.29) is 28.7 Å². The average molecular weight is 539 g/mol. The van der Waals surface area contributed by atoms with Gasteiger partial charge in [-0.15, -0.1) is 0 Å². The van der Waals surface area contributed by atoms with E-state index < -0.39 is 23.3 Å². The number of ether oxygens (including phenoxy) is 1. The third kappa shape index (κ3) is 7.32. The van der Waals surface area contributed by atoms with Gasteiger partial charge in [0.2, 0.25) is 5.82 Å². The van der Waals surface area contributed by atoms with Gasteiger partial charge in [-0.05, 0) is 74.1 Å². The molecule has 0 unspecified atom stereocenters. The molecule has 0 aliphatic heterocycles. The van der Waals surface area contributed by atoms with Crippen molar-refractivity contribution < 1.29 is 22.3 Å². The minimum atomic E-state index is -0.957. The van der Waals surface area contributed by atoms with Crippen LogP contribution >= 0.6 is 0 Å². The smallest absolute Gasteiger partial charge is 0.201 e. The van der Waals surface area contributed by atoms with Gasteiger partial charge in [-0.3, -0.25) is 0 Å². The van der Waals surface area contributed by atoms with Crippen LogP contribution in [-0.4, -0.2) is 6.61 Å². The Labute approximate surface area is 229 Å². The minimum absolute atomic E-state index is 0.0525. The van der Waals surface area contributed by atoms with Crippen molar-refractivity contribution in [3.63, 3.8) is 0 Å². The average Bonchev–Trinajstić information content (AvgIpc) is 2.95. The van der Waals surface area contributed by atoms with Crippen LogP contribution in [0.15, 0.2) is 54.6 Å². The fourth-order valence-corrected chi connectivity index (χ4v) is 5.37. The van der Waals surface area contributed by atoms with Gasteiger partial charge in [-0.2, -0.15) is 4.39 Å². The van der Waals surface area contributed by atoms with Gasteiger partial charge in [-0.25, -0.2) is 13.2 Å². The van der Waals surface area contributed by atoms with Crippen LogP contribution in [0.2, 0.25) is 0 Å². The van der Waals surface area contributed by atoms with E-state index in [4.69, 9.17) is 4.74 Å². The largest absolute Gasteiger partial charge is 0.490 e. The molecular formula is C34H38F4O. The van der Waals surface area contributed by atoms with Crippen LogP contribution < -0.4 is 4.74 Å². The van der Waals surface area contributed by atoms with Crippen LogP contribution in [0.3, 0.4) is 0 Å². The molecule has 1 aliphatic carbocycles. The summed E-state index contributed by atoms with van der Waals surface area (Å²) in [5.41, 5.74) is 2.59. The molecule has 0 spiro atoms. The van der Waals surface area contributed by atoms with Crippen molar-refractivity contribution >= 4 is 6.08 Å². The summed E-state index contributed by atoms with van der Waals surface area (Å²) < 4.78 is 64.7. The van der Waals surface area contributed by atoms with Crippen LogP contribution in [0.1, 0.15) is 87.3 Å². The van der Waals surface area contributed by atoms with Crippen molar-refractivity contribution in [3.8, 4) is 16.9 Å². The molecule has 1 saturated carbocycles. The molecule has 39 heavy (non-hydrogen) atoms. The Bertz CT molecular complexity index is 1260.